The summed E-state index contributed by atoms with van der Waals surface area (Å²) in [7, 11) is -0.777. The van der Waals surface area contributed by atoms with Gasteiger partial charge in [0, 0.05) is 37.2 Å². The molecule has 0 amide bonds. The van der Waals surface area contributed by atoms with Crippen LogP contribution in [0.2, 0.25) is 5.02 Å². The molecule has 2 aromatic rings. The van der Waals surface area contributed by atoms with Gasteiger partial charge in [-0.3, -0.25) is 0 Å². The number of rotatable bonds is 2. The van der Waals surface area contributed by atoms with E-state index in [0.717, 1.165) is 23.4 Å². The molecule has 0 aliphatic carbocycles. The van der Waals surface area contributed by atoms with E-state index in [1.54, 1.807) is 32.9 Å². The summed E-state index contributed by atoms with van der Waals surface area (Å²) in [6.07, 6.45) is -0.671. The van der Waals surface area contributed by atoms with Crippen molar-refractivity contribution in [2.45, 2.75) is 77.2 Å². The SMILES string of the molecule is CC(C)(C)OC(=O)O.CC1(C)OB(c2c(Cl)c(F)cc3c2CC2(c4cccc(F)c4)CNCCN32)OC1(C)C. The summed E-state index contributed by atoms with van der Waals surface area (Å²) in [5.41, 5.74) is 0.814. The van der Waals surface area contributed by atoms with Crippen LogP contribution in [0.1, 0.15) is 59.6 Å². The number of nitrogens with one attached hydrogen (secondary N) is 1. The Morgan fingerprint density at radius 2 is 1.79 bits per heavy atom. The van der Waals surface area contributed by atoms with Gasteiger partial charge in [0.15, 0.2) is 0 Å². The van der Waals surface area contributed by atoms with E-state index in [-0.39, 0.29) is 10.8 Å². The van der Waals surface area contributed by atoms with Gasteiger partial charge in [-0.25, -0.2) is 13.6 Å². The quantitative estimate of drug-likeness (QED) is 0.381. The van der Waals surface area contributed by atoms with E-state index in [4.69, 9.17) is 26.0 Å². The molecule has 0 spiro atoms. The summed E-state index contributed by atoms with van der Waals surface area (Å²) in [4.78, 5) is 12.0. The van der Waals surface area contributed by atoms with Crippen LogP contribution in [-0.2, 0) is 26.0 Å². The number of piperazine rings is 1. The highest BCUT2D eigenvalue weighted by Crippen LogP contribution is 2.48. The van der Waals surface area contributed by atoms with Gasteiger partial charge in [-0.1, -0.05) is 23.7 Å². The molecule has 3 heterocycles. The minimum atomic E-state index is -1.22. The predicted octanol–water partition coefficient (Wildman–Crippen LogP) is 5.26. The summed E-state index contributed by atoms with van der Waals surface area (Å²) in [5.74, 6) is -0.789. The molecule has 11 heteroatoms. The third-order valence-corrected chi connectivity index (χ3v) is 8.18. The minimum Gasteiger partial charge on any atom is -0.450 e. The van der Waals surface area contributed by atoms with Gasteiger partial charge >= 0.3 is 13.3 Å². The van der Waals surface area contributed by atoms with E-state index in [0.29, 0.717) is 25.0 Å². The second-order valence-corrected chi connectivity index (χ2v) is 12.6. The number of anilines is 1. The smallest absolute Gasteiger partial charge is 0.450 e. The number of ether oxygens (including phenoxy) is 1. The van der Waals surface area contributed by atoms with Gasteiger partial charge in [0.2, 0.25) is 0 Å². The fourth-order valence-electron chi connectivity index (χ4n) is 5.30. The van der Waals surface area contributed by atoms with Crippen molar-refractivity contribution in [1.82, 2.24) is 5.32 Å². The van der Waals surface area contributed by atoms with Crippen molar-refractivity contribution in [3.05, 3.63) is 58.1 Å². The number of carbonyl (C=O) groups is 1. The molecule has 2 saturated heterocycles. The van der Waals surface area contributed by atoms with Gasteiger partial charge in [0.25, 0.3) is 0 Å². The average molecular weight is 565 g/mol. The largest absolute Gasteiger partial charge is 0.506 e. The number of fused-ring (bicyclic) bond motifs is 3. The molecule has 1 atom stereocenters. The molecule has 0 aromatic heterocycles. The first-order valence-electron chi connectivity index (χ1n) is 13.0. The third kappa shape index (κ3) is 5.62. The Bertz CT molecular complexity index is 1250. The number of hydrogen-bond donors (Lipinski definition) is 2. The average Bonchev–Trinajstić information content (AvgIpc) is 3.23. The van der Waals surface area contributed by atoms with E-state index < -0.39 is 41.4 Å². The van der Waals surface area contributed by atoms with Crippen LogP contribution >= 0.6 is 11.6 Å². The van der Waals surface area contributed by atoms with Crippen molar-refractivity contribution in [3.63, 3.8) is 0 Å². The van der Waals surface area contributed by atoms with Crippen LogP contribution in [0.3, 0.4) is 0 Å². The molecule has 0 radical (unpaired) electrons. The van der Waals surface area contributed by atoms with Crippen LogP contribution in [0, 0.1) is 11.6 Å². The first-order chi connectivity index (χ1) is 18.0. The highest BCUT2D eigenvalue weighted by Gasteiger charge is 2.55. The maximum absolute atomic E-state index is 15.1. The zero-order valence-electron chi connectivity index (χ0n) is 23.5. The standard InChI is InChI=1S/C23H26BClF2N2O2.C5H10O3/c1-21(2)22(3,4)31-24(30-21)19-16-12-23(14-6-5-7-15(26)10-14)13-28-8-9-29(23)18(16)11-17(27)20(19)25;1-5(2,3)8-4(6)7/h5-7,10-11,28H,8-9,12-13H2,1-4H3;1-3H3,(H,6,7). The van der Waals surface area contributed by atoms with E-state index in [1.165, 1.54) is 12.1 Å². The maximum atomic E-state index is 15.1. The fraction of sp³-hybridized carbons (Fsp3) is 0.536. The number of nitrogens with zero attached hydrogens (tertiary/aromatic N) is 1. The molecular formula is C28H36BClF2N2O5. The number of halogens is 3. The second kappa shape index (κ2) is 10.2. The van der Waals surface area contributed by atoms with Gasteiger partial charge in [-0.05, 0) is 77.8 Å². The van der Waals surface area contributed by atoms with Crippen LogP contribution in [0.5, 0.6) is 0 Å². The number of hydrogen-bond acceptors (Lipinski definition) is 6. The summed E-state index contributed by atoms with van der Waals surface area (Å²) in [6.45, 7) is 14.9. The minimum absolute atomic E-state index is 0.0273. The normalized spacial score (nSPS) is 23.0. The lowest BCUT2D eigenvalue weighted by Gasteiger charge is -2.45. The van der Waals surface area contributed by atoms with Crippen LogP contribution in [-0.4, -0.2) is 54.8 Å². The third-order valence-electron chi connectivity index (χ3n) is 7.79. The highest BCUT2D eigenvalue weighted by molar-refractivity contribution is 6.66. The van der Waals surface area contributed by atoms with Gasteiger partial charge in [-0.15, -0.1) is 0 Å². The van der Waals surface area contributed by atoms with Crippen molar-refractivity contribution in [2.75, 3.05) is 24.5 Å². The Morgan fingerprint density at radius 1 is 1.15 bits per heavy atom. The molecule has 7 nitrogen and oxygen atoms in total. The zero-order chi connectivity index (χ0) is 29.0. The van der Waals surface area contributed by atoms with Crippen LogP contribution in [0.25, 0.3) is 0 Å². The molecule has 0 saturated carbocycles. The van der Waals surface area contributed by atoms with Crippen LogP contribution in [0.4, 0.5) is 19.3 Å². The molecule has 212 valence electrons. The lowest BCUT2D eigenvalue weighted by Crippen LogP contribution is -2.58. The number of carboxylic acid groups (broad SMARTS) is 1. The summed E-state index contributed by atoms with van der Waals surface area (Å²) < 4.78 is 46.1. The highest BCUT2D eigenvalue weighted by atomic mass is 35.5. The van der Waals surface area contributed by atoms with Crippen molar-refractivity contribution < 1.29 is 32.7 Å². The lowest BCUT2D eigenvalue weighted by molar-refractivity contribution is 0.00578. The van der Waals surface area contributed by atoms with Gasteiger partial charge in [-0.2, -0.15) is 0 Å². The zero-order valence-corrected chi connectivity index (χ0v) is 24.2. The Morgan fingerprint density at radius 3 is 2.33 bits per heavy atom. The van der Waals surface area contributed by atoms with E-state index in [9.17, 15) is 9.18 Å². The van der Waals surface area contributed by atoms with Crippen molar-refractivity contribution >= 4 is 36.0 Å². The predicted molar refractivity (Wildman–Crippen MR) is 148 cm³/mol. The first-order valence-corrected chi connectivity index (χ1v) is 13.4. The first kappa shape index (κ1) is 29.6. The Hall–Kier alpha value is -2.40. The molecule has 5 rings (SSSR count). The Labute approximate surface area is 233 Å². The van der Waals surface area contributed by atoms with Crippen molar-refractivity contribution in [2.24, 2.45) is 0 Å². The van der Waals surface area contributed by atoms with Crippen molar-refractivity contribution in [3.8, 4) is 0 Å². The molecule has 1 unspecified atom stereocenters. The van der Waals surface area contributed by atoms with Crippen LogP contribution < -0.4 is 15.7 Å². The maximum Gasteiger partial charge on any atom is 0.506 e. The van der Waals surface area contributed by atoms with E-state index in [1.807, 2.05) is 33.8 Å². The number of benzene rings is 2. The van der Waals surface area contributed by atoms with Crippen molar-refractivity contribution in [1.29, 1.82) is 0 Å². The van der Waals surface area contributed by atoms with E-state index >= 15 is 4.39 Å². The lowest BCUT2D eigenvalue weighted by atomic mass is 9.73. The Balaban J connectivity index is 0.000000386. The van der Waals surface area contributed by atoms with Gasteiger partial charge < -0.3 is 29.4 Å². The topological polar surface area (TPSA) is 80.3 Å². The van der Waals surface area contributed by atoms with Gasteiger partial charge in [0.1, 0.15) is 17.2 Å². The second-order valence-electron chi connectivity index (χ2n) is 12.2. The summed E-state index contributed by atoms with van der Waals surface area (Å²) >= 11 is 6.53. The van der Waals surface area contributed by atoms with Gasteiger partial charge in [0.05, 0.1) is 21.8 Å². The van der Waals surface area contributed by atoms with Crippen LogP contribution in [0.15, 0.2) is 30.3 Å². The monoisotopic (exact) mass is 564 g/mol. The summed E-state index contributed by atoms with van der Waals surface area (Å²) in [5, 5.41) is 11.5. The molecule has 3 aliphatic rings. The molecule has 39 heavy (non-hydrogen) atoms. The Kier molecular flexibility index (Phi) is 7.75. The van der Waals surface area contributed by atoms with E-state index in [2.05, 4.69) is 15.0 Å². The molecular weight excluding hydrogens is 529 g/mol. The fourth-order valence-corrected chi connectivity index (χ4v) is 5.56. The summed E-state index contributed by atoms with van der Waals surface area (Å²) in [6, 6.07) is 8.16. The molecule has 2 aromatic carbocycles. The molecule has 2 fully saturated rings. The molecule has 0 bridgehead atoms. The molecule has 2 N–H and O–H groups in total. The molecule has 3 aliphatic heterocycles.